The Bertz CT molecular complexity index is 359. The summed E-state index contributed by atoms with van der Waals surface area (Å²) in [7, 11) is 0. The lowest BCUT2D eigenvalue weighted by Gasteiger charge is -2.35. The van der Waals surface area contributed by atoms with E-state index >= 15 is 0 Å². The van der Waals surface area contributed by atoms with E-state index in [1.165, 1.54) is 0 Å². The van der Waals surface area contributed by atoms with Gasteiger partial charge in [-0.15, -0.1) is 0 Å². The number of rotatable bonds is 5. The second-order valence-corrected chi connectivity index (χ2v) is 4.78. The first-order valence-corrected chi connectivity index (χ1v) is 6.28. The Balaban J connectivity index is 2.19. The molecule has 2 fully saturated rings. The highest BCUT2D eigenvalue weighted by Crippen LogP contribution is 2.31. The summed E-state index contributed by atoms with van der Waals surface area (Å²) in [5.41, 5.74) is 0. The summed E-state index contributed by atoms with van der Waals surface area (Å²) in [6, 6.07) is -0.542. The van der Waals surface area contributed by atoms with Crippen LogP contribution < -0.4 is 0 Å². The number of carbonyl (C=O) groups excluding carboxylic acids is 2. The third kappa shape index (κ3) is 2.25. The highest BCUT2D eigenvalue weighted by atomic mass is 16.5. The number of nitrogens with zero attached hydrogens (tertiary/aromatic N) is 1. The molecule has 2 rings (SSSR count). The Kier molecular flexibility index (Phi) is 3.65. The monoisotopic (exact) mass is 255 g/mol. The predicted molar refractivity (Wildman–Crippen MR) is 60.7 cm³/mol. The standard InChI is InChI=1S/C12H17NO5/c1-2-3-7(6-10(14)15)13-11(16)8-4-5-9(18-8)12(13)17/h7-9H,2-6H2,1H3,(H,14,15). The zero-order chi connectivity index (χ0) is 13.3. The zero-order valence-electron chi connectivity index (χ0n) is 10.3. The molecular weight excluding hydrogens is 238 g/mol. The van der Waals surface area contributed by atoms with Crippen molar-refractivity contribution in [3.05, 3.63) is 0 Å². The van der Waals surface area contributed by atoms with E-state index in [2.05, 4.69) is 0 Å². The van der Waals surface area contributed by atoms with Gasteiger partial charge in [0.15, 0.2) is 0 Å². The van der Waals surface area contributed by atoms with Crippen LogP contribution in [-0.4, -0.2) is 46.0 Å². The highest BCUT2D eigenvalue weighted by molar-refractivity contribution is 6.03. The lowest BCUT2D eigenvalue weighted by Crippen LogP contribution is -2.56. The maximum absolute atomic E-state index is 12.1. The molecule has 2 aliphatic rings. The molecule has 2 saturated heterocycles. The van der Waals surface area contributed by atoms with E-state index < -0.39 is 24.2 Å². The van der Waals surface area contributed by atoms with Crippen LogP contribution in [0.4, 0.5) is 0 Å². The van der Waals surface area contributed by atoms with Crippen LogP contribution in [0.1, 0.15) is 39.0 Å². The number of likely N-dealkylation sites (tertiary alicyclic amines) is 1. The SMILES string of the molecule is CCCC(CC(=O)O)N1C(=O)C2CCC(O2)C1=O. The average Bonchev–Trinajstić information content (AvgIpc) is 2.73. The van der Waals surface area contributed by atoms with Crippen LogP contribution in [0.2, 0.25) is 0 Å². The molecule has 0 aromatic heterocycles. The van der Waals surface area contributed by atoms with Crippen molar-refractivity contribution in [2.45, 2.75) is 57.3 Å². The number of amides is 2. The summed E-state index contributed by atoms with van der Waals surface area (Å²) in [4.78, 5) is 36.1. The van der Waals surface area contributed by atoms with Crippen LogP contribution in [0, 0.1) is 0 Å². The molecule has 0 spiro atoms. The number of carboxylic acids is 1. The minimum Gasteiger partial charge on any atom is -0.481 e. The number of fused-ring (bicyclic) bond motifs is 2. The number of morpholine rings is 1. The van der Waals surface area contributed by atoms with Gasteiger partial charge in [0.25, 0.3) is 11.8 Å². The number of hydrogen-bond donors (Lipinski definition) is 1. The van der Waals surface area contributed by atoms with Crippen LogP contribution in [0.3, 0.4) is 0 Å². The van der Waals surface area contributed by atoms with Gasteiger partial charge in [-0.1, -0.05) is 13.3 Å². The van der Waals surface area contributed by atoms with Gasteiger partial charge in [-0.2, -0.15) is 0 Å². The van der Waals surface area contributed by atoms with Crippen molar-refractivity contribution < 1.29 is 24.2 Å². The molecule has 0 saturated carbocycles. The molecule has 1 N–H and O–H groups in total. The number of ether oxygens (including phenoxy) is 1. The first-order valence-electron chi connectivity index (χ1n) is 6.28. The summed E-state index contributed by atoms with van der Waals surface area (Å²) in [5, 5.41) is 8.88. The molecule has 2 aliphatic heterocycles. The van der Waals surface area contributed by atoms with Gasteiger partial charge >= 0.3 is 5.97 Å². The van der Waals surface area contributed by atoms with E-state index in [-0.39, 0.29) is 18.2 Å². The first-order chi connectivity index (χ1) is 8.54. The van der Waals surface area contributed by atoms with E-state index in [0.717, 1.165) is 11.3 Å². The zero-order valence-corrected chi connectivity index (χ0v) is 10.3. The van der Waals surface area contributed by atoms with Gasteiger partial charge in [0.05, 0.1) is 12.5 Å². The minimum absolute atomic E-state index is 0.190. The second kappa shape index (κ2) is 5.06. The average molecular weight is 255 g/mol. The van der Waals surface area contributed by atoms with Crippen LogP contribution in [0.15, 0.2) is 0 Å². The quantitative estimate of drug-likeness (QED) is 0.725. The number of imide groups is 1. The lowest BCUT2D eigenvalue weighted by molar-refractivity contribution is -0.172. The topological polar surface area (TPSA) is 83.9 Å². The Hall–Kier alpha value is -1.43. The molecule has 100 valence electrons. The summed E-state index contributed by atoms with van der Waals surface area (Å²) >= 11 is 0. The second-order valence-electron chi connectivity index (χ2n) is 4.78. The molecule has 3 unspecified atom stereocenters. The van der Waals surface area contributed by atoms with Crippen LogP contribution in [-0.2, 0) is 19.1 Å². The third-order valence-corrected chi connectivity index (χ3v) is 3.44. The molecule has 0 radical (unpaired) electrons. The fraction of sp³-hybridized carbons (Fsp3) is 0.750. The van der Waals surface area contributed by atoms with E-state index in [1.807, 2.05) is 6.92 Å². The molecule has 6 nitrogen and oxygen atoms in total. The molecule has 2 amide bonds. The Labute approximate surface area is 105 Å². The van der Waals surface area contributed by atoms with Crippen molar-refractivity contribution in [1.29, 1.82) is 0 Å². The van der Waals surface area contributed by atoms with E-state index in [0.29, 0.717) is 19.3 Å². The first kappa shape index (κ1) is 13.0. The molecule has 18 heavy (non-hydrogen) atoms. The number of hydrogen-bond acceptors (Lipinski definition) is 4. The van der Waals surface area contributed by atoms with Gasteiger partial charge in [0, 0.05) is 0 Å². The van der Waals surface area contributed by atoms with Gasteiger partial charge in [-0.05, 0) is 19.3 Å². The minimum atomic E-state index is -0.993. The van der Waals surface area contributed by atoms with E-state index in [4.69, 9.17) is 9.84 Å². The molecule has 0 aromatic carbocycles. The van der Waals surface area contributed by atoms with Crippen LogP contribution in [0.5, 0.6) is 0 Å². The van der Waals surface area contributed by atoms with Crippen LogP contribution >= 0.6 is 0 Å². The van der Waals surface area contributed by atoms with E-state index in [9.17, 15) is 14.4 Å². The normalized spacial score (nSPS) is 28.6. The van der Waals surface area contributed by atoms with Crippen molar-refractivity contribution in [1.82, 2.24) is 4.90 Å². The molecule has 0 aliphatic carbocycles. The van der Waals surface area contributed by atoms with E-state index in [1.54, 1.807) is 0 Å². The van der Waals surface area contributed by atoms with Crippen LogP contribution in [0.25, 0.3) is 0 Å². The van der Waals surface area contributed by atoms with Crippen molar-refractivity contribution in [3.8, 4) is 0 Å². The summed E-state index contributed by atoms with van der Waals surface area (Å²) in [6.45, 7) is 1.90. The molecular formula is C12H17NO5. The summed E-state index contributed by atoms with van der Waals surface area (Å²) in [6.07, 6.45) is 1.05. The predicted octanol–water partition coefficient (Wildman–Crippen LogP) is 0.546. The maximum Gasteiger partial charge on any atom is 0.305 e. The molecule has 6 heteroatoms. The number of carbonyl (C=O) groups is 3. The Morgan fingerprint density at radius 3 is 2.39 bits per heavy atom. The number of carboxylic acid groups (broad SMARTS) is 1. The Morgan fingerprint density at radius 1 is 1.39 bits per heavy atom. The summed E-state index contributed by atoms with van der Waals surface area (Å²) in [5.74, 6) is -1.73. The molecule has 2 heterocycles. The Morgan fingerprint density at radius 2 is 1.94 bits per heavy atom. The molecule has 3 atom stereocenters. The third-order valence-electron chi connectivity index (χ3n) is 3.44. The van der Waals surface area contributed by atoms with Crippen molar-refractivity contribution in [2.24, 2.45) is 0 Å². The van der Waals surface area contributed by atoms with Crippen molar-refractivity contribution in [2.75, 3.05) is 0 Å². The highest BCUT2D eigenvalue weighted by Gasteiger charge is 2.48. The van der Waals surface area contributed by atoms with Gasteiger partial charge in [-0.25, -0.2) is 0 Å². The fourth-order valence-corrected chi connectivity index (χ4v) is 2.64. The lowest BCUT2D eigenvalue weighted by atomic mass is 10.0. The maximum atomic E-state index is 12.1. The fourth-order valence-electron chi connectivity index (χ4n) is 2.64. The van der Waals surface area contributed by atoms with Gasteiger partial charge in [0.2, 0.25) is 0 Å². The smallest absolute Gasteiger partial charge is 0.305 e. The number of aliphatic carboxylic acids is 1. The summed E-state index contributed by atoms with van der Waals surface area (Å²) < 4.78 is 5.30. The van der Waals surface area contributed by atoms with Gasteiger partial charge in [-0.3, -0.25) is 19.3 Å². The van der Waals surface area contributed by atoms with Gasteiger partial charge < -0.3 is 9.84 Å². The van der Waals surface area contributed by atoms with Crippen molar-refractivity contribution in [3.63, 3.8) is 0 Å². The largest absolute Gasteiger partial charge is 0.481 e. The molecule has 2 bridgehead atoms. The van der Waals surface area contributed by atoms with Gasteiger partial charge in [0.1, 0.15) is 12.2 Å². The van der Waals surface area contributed by atoms with Crippen molar-refractivity contribution >= 4 is 17.8 Å². The molecule has 0 aromatic rings.